The molecule has 104 valence electrons. The number of aliphatic hydroxyl groups is 1. The molecule has 0 spiro atoms. The van der Waals surface area contributed by atoms with Crippen LogP contribution in [0.4, 0.5) is 0 Å². The largest absolute Gasteiger partial charge is 0.395 e. The van der Waals surface area contributed by atoms with Gasteiger partial charge in [-0.25, -0.2) is 0 Å². The summed E-state index contributed by atoms with van der Waals surface area (Å²) in [5.41, 5.74) is 2.62. The van der Waals surface area contributed by atoms with Gasteiger partial charge in [-0.2, -0.15) is 0 Å². The monoisotopic (exact) mass is 303 g/mol. The van der Waals surface area contributed by atoms with Crippen molar-refractivity contribution in [1.29, 1.82) is 0 Å². The zero-order chi connectivity index (χ0) is 13.8. The van der Waals surface area contributed by atoms with Gasteiger partial charge in [0.2, 0.25) is 0 Å². The second kappa shape index (κ2) is 6.55. The maximum atomic E-state index is 8.79. The molecule has 1 N–H and O–H groups in total. The number of hydrogen-bond acceptors (Lipinski definition) is 4. The zero-order valence-electron chi connectivity index (χ0n) is 11.3. The van der Waals surface area contributed by atoms with Gasteiger partial charge in [-0.3, -0.25) is 4.90 Å². The van der Waals surface area contributed by atoms with Crippen molar-refractivity contribution in [2.24, 2.45) is 0 Å². The van der Waals surface area contributed by atoms with Crippen LogP contribution in [0, 0.1) is 11.8 Å². The summed E-state index contributed by atoms with van der Waals surface area (Å²) >= 11 is 3.66. The minimum atomic E-state index is 0.138. The second-order valence-electron chi connectivity index (χ2n) is 4.86. The summed E-state index contributed by atoms with van der Waals surface area (Å²) in [6.07, 6.45) is 1.72. The van der Waals surface area contributed by atoms with Gasteiger partial charge in [0.25, 0.3) is 0 Å². The molecule has 3 heterocycles. The average molecular weight is 303 g/mol. The lowest BCUT2D eigenvalue weighted by atomic mass is 10.1. The highest BCUT2D eigenvalue weighted by Gasteiger charge is 2.18. The minimum absolute atomic E-state index is 0.138. The molecule has 0 saturated heterocycles. The third-order valence-corrected chi connectivity index (χ3v) is 5.39. The zero-order valence-corrected chi connectivity index (χ0v) is 12.9. The molecular formula is C16H17NOS2. The first-order valence-electron chi connectivity index (χ1n) is 6.80. The maximum Gasteiger partial charge on any atom is 0.0540 e. The number of fused-ring (bicyclic) bond motifs is 1. The van der Waals surface area contributed by atoms with Gasteiger partial charge in [0.1, 0.15) is 0 Å². The van der Waals surface area contributed by atoms with Gasteiger partial charge in [0.05, 0.1) is 6.61 Å². The molecule has 0 unspecified atom stereocenters. The first-order chi connectivity index (χ1) is 9.86. The molecule has 0 radical (unpaired) electrons. The summed E-state index contributed by atoms with van der Waals surface area (Å²) in [6.45, 7) is 3.31. The Hall–Kier alpha value is -1.12. The van der Waals surface area contributed by atoms with Crippen LogP contribution in [0.15, 0.2) is 22.9 Å². The topological polar surface area (TPSA) is 23.5 Å². The van der Waals surface area contributed by atoms with Crippen molar-refractivity contribution in [3.63, 3.8) is 0 Å². The van der Waals surface area contributed by atoms with Crippen LogP contribution in [0.2, 0.25) is 0 Å². The molecule has 0 aliphatic carbocycles. The smallest absolute Gasteiger partial charge is 0.0540 e. The fourth-order valence-corrected chi connectivity index (χ4v) is 4.19. The van der Waals surface area contributed by atoms with E-state index in [1.54, 1.807) is 16.2 Å². The van der Waals surface area contributed by atoms with Gasteiger partial charge in [-0.15, -0.1) is 22.7 Å². The van der Waals surface area contributed by atoms with Gasteiger partial charge in [-0.05, 0) is 34.9 Å². The summed E-state index contributed by atoms with van der Waals surface area (Å²) in [7, 11) is 0. The summed E-state index contributed by atoms with van der Waals surface area (Å²) in [5.74, 6) is 6.19. The molecule has 20 heavy (non-hydrogen) atoms. The van der Waals surface area contributed by atoms with E-state index in [1.165, 1.54) is 16.9 Å². The Labute approximate surface area is 127 Å². The number of rotatable bonds is 3. The van der Waals surface area contributed by atoms with E-state index in [4.69, 9.17) is 5.11 Å². The van der Waals surface area contributed by atoms with Crippen LogP contribution in [0.3, 0.4) is 0 Å². The van der Waals surface area contributed by atoms with E-state index in [0.29, 0.717) is 6.42 Å². The van der Waals surface area contributed by atoms with E-state index in [9.17, 15) is 0 Å². The third-order valence-electron chi connectivity index (χ3n) is 3.46. The van der Waals surface area contributed by atoms with Crippen molar-refractivity contribution in [3.05, 3.63) is 43.8 Å². The van der Waals surface area contributed by atoms with Crippen molar-refractivity contribution in [3.8, 4) is 11.8 Å². The predicted molar refractivity (Wildman–Crippen MR) is 85.0 cm³/mol. The molecule has 1 aliphatic rings. The molecule has 3 rings (SSSR count). The Morgan fingerprint density at radius 1 is 1.25 bits per heavy atom. The van der Waals surface area contributed by atoms with Crippen LogP contribution in [0.25, 0.3) is 0 Å². The molecule has 0 saturated carbocycles. The van der Waals surface area contributed by atoms with Crippen LogP contribution in [-0.2, 0) is 19.5 Å². The van der Waals surface area contributed by atoms with E-state index in [2.05, 4.69) is 39.6 Å². The summed E-state index contributed by atoms with van der Waals surface area (Å²) in [4.78, 5) is 5.39. The standard InChI is InChI=1S/C16H17NOS2/c18-8-2-1-3-13-5-9-20-16(13)12-17-7-4-15-14(11-17)6-10-19-15/h5-6,9-10,18H,2,4,7-8,11-12H2. The van der Waals surface area contributed by atoms with Gasteiger partial charge in [0.15, 0.2) is 0 Å². The quantitative estimate of drug-likeness (QED) is 0.881. The minimum Gasteiger partial charge on any atom is -0.395 e. The molecule has 0 aromatic carbocycles. The molecule has 0 amide bonds. The lowest BCUT2D eigenvalue weighted by molar-refractivity contribution is 0.249. The van der Waals surface area contributed by atoms with Crippen LogP contribution in [-0.4, -0.2) is 23.2 Å². The lowest BCUT2D eigenvalue weighted by Gasteiger charge is -2.26. The van der Waals surface area contributed by atoms with Crippen LogP contribution < -0.4 is 0 Å². The van der Waals surface area contributed by atoms with Crippen molar-refractivity contribution in [1.82, 2.24) is 4.90 Å². The maximum absolute atomic E-state index is 8.79. The van der Waals surface area contributed by atoms with Gasteiger partial charge < -0.3 is 5.11 Å². The first kappa shape index (κ1) is 13.8. The van der Waals surface area contributed by atoms with Crippen molar-refractivity contribution in [2.45, 2.75) is 25.9 Å². The molecule has 0 fully saturated rings. The van der Waals surface area contributed by atoms with Crippen molar-refractivity contribution in [2.75, 3.05) is 13.2 Å². The molecule has 2 aromatic rings. The first-order valence-corrected chi connectivity index (χ1v) is 8.56. The highest BCUT2D eigenvalue weighted by Crippen LogP contribution is 2.26. The predicted octanol–water partition coefficient (Wildman–Crippen LogP) is 3.10. The van der Waals surface area contributed by atoms with Crippen LogP contribution >= 0.6 is 22.7 Å². The normalized spacial score (nSPS) is 14.7. The van der Waals surface area contributed by atoms with E-state index in [-0.39, 0.29) is 6.61 Å². The number of aliphatic hydroxyl groups excluding tert-OH is 1. The third kappa shape index (κ3) is 3.13. The van der Waals surface area contributed by atoms with E-state index in [0.717, 1.165) is 25.2 Å². The second-order valence-corrected chi connectivity index (χ2v) is 6.86. The van der Waals surface area contributed by atoms with Crippen LogP contribution in [0.1, 0.15) is 27.3 Å². The molecule has 4 heteroatoms. The van der Waals surface area contributed by atoms with Crippen molar-refractivity contribution >= 4 is 22.7 Å². The molecule has 0 atom stereocenters. The Balaban J connectivity index is 1.68. The van der Waals surface area contributed by atoms with Gasteiger partial charge >= 0.3 is 0 Å². The summed E-state index contributed by atoms with van der Waals surface area (Å²) in [5, 5.41) is 13.1. The molecule has 0 bridgehead atoms. The summed E-state index contributed by atoms with van der Waals surface area (Å²) < 4.78 is 0. The average Bonchev–Trinajstić information content (AvgIpc) is 3.08. The highest BCUT2D eigenvalue weighted by molar-refractivity contribution is 7.10. The molecular weight excluding hydrogens is 286 g/mol. The lowest BCUT2D eigenvalue weighted by Crippen LogP contribution is -2.29. The van der Waals surface area contributed by atoms with Crippen molar-refractivity contribution < 1.29 is 5.11 Å². The van der Waals surface area contributed by atoms with Gasteiger partial charge in [0, 0.05) is 41.4 Å². The Bertz CT molecular complexity index is 632. The SMILES string of the molecule is OCCC#Cc1ccsc1CN1CCc2sccc2C1. The molecule has 2 nitrogen and oxygen atoms in total. The van der Waals surface area contributed by atoms with Gasteiger partial charge in [-0.1, -0.05) is 11.8 Å². The molecule has 2 aromatic heterocycles. The van der Waals surface area contributed by atoms with E-state index in [1.807, 2.05) is 11.3 Å². The van der Waals surface area contributed by atoms with Crippen LogP contribution in [0.5, 0.6) is 0 Å². The van der Waals surface area contributed by atoms with E-state index < -0.39 is 0 Å². The summed E-state index contributed by atoms with van der Waals surface area (Å²) in [6, 6.07) is 4.34. The number of nitrogens with zero attached hydrogens (tertiary/aromatic N) is 1. The highest BCUT2D eigenvalue weighted by atomic mass is 32.1. The Morgan fingerprint density at radius 3 is 3.05 bits per heavy atom. The Morgan fingerprint density at radius 2 is 2.15 bits per heavy atom. The Kier molecular flexibility index (Phi) is 4.54. The number of hydrogen-bond donors (Lipinski definition) is 1. The number of thiophene rings is 2. The molecule has 1 aliphatic heterocycles. The fourth-order valence-electron chi connectivity index (χ4n) is 2.43. The van der Waals surface area contributed by atoms with E-state index >= 15 is 0 Å². The fraction of sp³-hybridized carbons (Fsp3) is 0.375.